The number of imidazole rings is 1. The molecule has 0 aliphatic heterocycles. The highest BCUT2D eigenvalue weighted by atomic mass is 35.5. The minimum atomic E-state index is 0.295. The molecule has 3 rings (SSSR count). The van der Waals surface area contributed by atoms with Gasteiger partial charge in [0.15, 0.2) is 0 Å². The van der Waals surface area contributed by atoms with Gasteiger partial charge < -0.3 is 9.88 Å². The van der Waals surface area contributed by atoms with Crippen LogP contribution in [0.2, 0.25) is 0 Å². The molecule has 5 nitrogen and oxygen atoms in total. The van der Waals surface area contributed by atoms with Crippen molar-refractivity contribution in [3.05, 3.63) is 48.3 Å². The summed E-state index contributed by atoms with van der Waals surface area (Å²) in [6.07, 6.45) is 3.75. The van der Waals surface area contributed by atoms with Gasteiger partial charge in [-0.2, -0.15) is 0 Å². The molecule has 0 saturated heterocycles. The topological polar surface area (TPSA) is 55.6 Å². The second-order valence-corrected chi connectivity index (χ2v) is 4.79. The smallest absolute Gasteiger partial charge is 0.146 e. The summed E-state index contributed by atoms with van der Waals surface area (Å²) in [6.45, 7) is 0.615. The van der Waals surface area contributed by atoms with Gasteiger partial charge in [-0.3, -0.25) is 0 Å². The van der Waals surface area contributed by atoms with Crippen LogP contribution in [0.15, 0.2) is 36.8 Å². The lowest BCUT2D eigenvalue weighted by atomic mass is 10.2. The van der Waals surface area contributed by atoms with Crippen LogP contribution in [0.25, 0.3) is 10.9 Å². The fraction of sp³-hybridized carbons (Fsp3) is 0.214. The van der Waals surface area contributed by atoms with Gasteiger partial charge in [-0.05, 0) is 12.1 Å². The van der Waals surface area contributed by atoms with Crippen LogP contribution in [0.4, 0.5) is 5.82 Å². The molecule has 2 aromatic heterocycles. The fourth-order valence-corrected chi connectivity index (χ4v) is 2.17. The molecule has 102 valence electrons. The number of alkyl halides is 1. The number of anilines is 1. The second kappa shape index (κ2) is 5.46. The first-order valence-corrected chi connectivity index (χ1v) is 6.82. The van der Waals surface area contributed by atoms with Gasteiger partial charge in [0.1, 0.15) is 11.6 Å². The Morgan fingerprint density at radius 2 is 2.10 bits per heavy atom. The maximum absolute atomic E-state index is 5.85. The molecule has 0 spiro atoms. The number of rotatable bonds is 4. The quantitative estimate of drug-likeness (QED) is 0.750. The fourth-order valence-electron chi connectivity index (χ4n) is 2.05. The average Bonchev–Trinajstić information content (AvgIpc) is 2.90. The van der Waals surface area contributed by atoms with Gasteiger partial charge in [0.2, 0.25) is 0 Å². The second-order valence-electron chi connectivity index (χ2n) is 4.52. The van der Waals surface area contributed by atoms with Crippen molar-refractivity contribution in [3.8, 4) is 0 Å². The number of aryl methyl sites for hydroxylation is 1. The summed E-state index contributed by atoms with van der Waals surface area (Å²) in [5, 5.41) is 4.29. The highest BCUT2D eigenvalue weighted by molar-refractivity contribution is 6.16. The molecule has 0 fully saturated rings. The van der Waals surface area contributed by atoms with Gasteiger partial charge in [-0.15, -0.1) is 11.6 Å². The Balaban J connectivity index is 1.93. The molecule has 0 saturated carbocycles. The molecule has 0 aliphatic carbocycles. The molecule has 6 heteroatoms. The molecular weight excluding hydrogens is 274 g/mol. The van der Waals surface area contributed by atoms with Gasteiger partial charge in [-0.25, -0.2) is 15.0 Å². The van der Waals surface area contributed by atoms with E-state index in [2.05, 4.69) is 20.3 Å². The van der Waals surface area contributed by atoms with Crippen LogP contribution in [0.3, 0.4) is 0 Å². The lowest BCUT2D eigenvalue weighted by molar-refractivity contribution is 0.912. The molecule has 0 bridgehead atoms. The summed E-state index contributed by atoms with van der Waals surface area (Å²) < 4.78 is 1.92. The van der Waals surface area contributed by atoms with E-state index >= 15 is 0 Å². The SMILES string of the molecule is Cn1cnc(CNc2nc(CCl)nc3ccccc23)c1. The number of fused-ring (bicyclic) bond motifs is 1. The summed E-state index contributed by atoms with van der Waals surface area (Å²) >= 11 is 5.85. The Morgan fingerprint density at radius 1 is 1.25 bits per heavy atom. The Kier molecular flexibility index (Phi) is 3.52. The maximum Gasteiger partial charge on any atom is 0.146 e. The molecule has 3 aromatic rings. The third-order valence-electron chi connectivity index (χ3n) is 2.96. The Hall–Kier alpha value is -2.14. The summed E-state index contributed by atoms with van der Waals surface area (Å²) in [6, 6.07) is 7.88. The lowest BCUT2D eigenvalue weighted by Gasteiger charge is -2.08. The molecule has 20 heavy (non-hydrogen) atoms. The van der Waals surface area contributed by atoms with Crippen molar-refractivity contribution in [2.24, 2.45) is 7.05 Å². The minimum absolute atomic E-state index is 0.295. The molecule has 0 amide bonds. The van der Waals surface area contributed by atoms with E-state index in [-0.39, 0.29) is 0 Å². The van der Waals surface area contributed by atoms with E-state index < -0.39 is 0 Å². The first kappa shape index (κ1) is 12.9. The monoisotopic (exact) mass is 287 g/mol. The van der Waals surface area contributed by atoms with Crippen LogP contribution < -0.4 is 5.32 Å². The molecule has 2 heterocycles. The third-order valence-corrected chi connectivity index (χ3v) is 3.20. The number of benzene rings is 1. The van der Waals surface area contributed by atoms with Crippen LogP contribution >= 0.6 is 11.6 Å². The van der Waals surface area contributed by atoms with E-state index in [9.17, 15) is 0 Å². The van der Waals surface area contributed by atoms with E-state index in [0.29, 0.717) is 18.2 Å². The highest BCUT2D eigenvalue weighted by Gasteiger charge is 2.07. The first-order chi connectivity index (χ1) is 9.76. The molecule has 1 aromatic carbocycles. The van der Waals surface area contributed by atoms with Crippen LogP contribution in [-0.4, -0.2) is 19.5 Å². The van der Waals surface area contributed by atoms with Crippen LogP contribution in [0, 0.1) is 0 Å². The van der Waals surface area contributed by atoms with Gasteiger partial charge in [0.05, 0.1) is 30.0 Å². The zero-order chi connectivity index (χ0) is 13.9. The van der Waals surface area contributed by atoms with Gasteiger partial charge in [0, 0.05) is 18.6 Å². The Labute approximate surface area is 121 Å². The molecule has 0 unspecified atom stereocenters. The number of aromatic nitrogens is 4. The predicted octanol–water partition coefficient (Wildman–Crippen LogP) is 2.71. The zero-order valence-electron chi connectivity index (χ0n) is 11.0. The number of halogens is 1. The summed E-state index contributed by atoms with van der Waals surface area (Å²) in [7, 11) is 1.95. The van der Waals surface area contributed by atoms with Crippen molar-refractivity contribution in [1.82, 2.24) is 19.5 Å². The van der Waals surface area contributed by atoms with Crippen LogP contribution in [-0.2, 0) is 19.5 Å². The number of nitrogens with zero attached hydrogens (tertiary/aromatic N) is 4. The van der Waals surface area contributed by atoms with Gasteiger partial charge >= 0.3 is 0 Å². The van der Waals surface area contributed by atoms with Crippen LogP contribution in [0.5, 0.6) is 0 Å². The lowest BCUT2D eigenvalue weighted by Crippen LogP contribution is -2.05. The molecule has 0 atom stereocenters. The number of hydrogen-bond acceptors (Lipinski definition) is 4. The first-order valence-electron chi connectivity index (χ1n) is 6.28. The van der Waals surface area contributed by atoms with Crippen LogP contribution in [0.1, 0.15) is 11.5 Å². The van der Waals surface area contributed by atoms with Crippen molar-refractivity contribution in [1.29, 1.82) is 0 Å². The molecule has 0 aliphatic rings. The van der Waals surface area contributed by atoms with Crippen molar-refractivity contribution in [3.63, 3.8) is 0 Å². The largest absolute Gasteiger partial charge is 0.364 e. The van der Waals surface area contributed by atoms with Gasteiger partial charge in [0.25, 0.3) is 0 Å². The van der Waals surface area contributed by atoms with Crippen molar-refractivity contribution >= 4 is 28.3 Å². The molecular formula is C14H14ClN5. The summed E-state index contributed by atoms with van der Waals surface area (Å²) in [5.74, 6) is 1.70. The van der Waals surface area contributed by atoms with E-state index in [1.165, 1.54) is 0 Å². The number of nitrogens with one attached hydrogen (secondary N) is 1. The van der Waals surface area contributed by atoms with E-state index in [0.717, 1.165) is 22.4 Å². The van der Waals surface area contributed by atoms with E-state index in [1.807, 2.05) is 42.1 Å². The predicted molar refractivity (Wildman–Crippen MR) is 79.6 cm³/mol. The van der Waals surface area contributed by atoms with E-state index in [1.54, 1.807) is 6.33 Å². The van der Waals surface area contributed by atoms with Crippen molar-refractivity contribution < 1.29 is 0 Å². The van der Waals surface area contributed by atoms with Crippen molar-refractivity contribution in [2.45, 2.75) is 12.4 Å². The molecule has 0 radical (unpaired) electrons. The third kappa shape index (κ3) is 2.58. The van der Waals surface area contributed by atoms with Crippen molar-refractivity contribution in [2.75, 3.05) is 5.32 Å². The zero-order valence-corrected chi connectivity index (χ0v) is 11.8. The Morgan fingerprint density at radius 3 is 2.85 bits per heavy atom. The van der Waals surface area contributed by atoms with E-state index in [4.69, 9.17) is 11.6 Å². The Bertz CT molecular complexity index is 737. The average molecular weight is 288 g/mol. The standard InChI is InChI=1S/C14H14ClN5/c1-20-8-10(17-9-20)7-16-14-11-4-2-3-5-12(11)18-13(6-15)19-14/h2-5,8-9H,6-7H2,1H3,(H,16,18,19). The highest BCUT2D eigenvalue weighted by Crippen LogP contribution is 2.21. The minimum Gasteiger partial charge on any atom is -0.364 e. The molecule has 1 N–H and O–H groups in total. The summed E-state index contributed by atoms with van der Waals surface area (Å²) in [5.41, 5.74) is 1.85. The number of para-hydroxylation sites is 1. The number of hydrogen-bond donors (Lipinski definition) is 1. The summed E-state index contributed by atoms with van der Waals surface area (Å²) in [4.78, 5) is 13.1. The normalized spacial score (nSPS) is 10.9. The van der Waals surface area contributed by atoms with Gasteiger partial charge in [-0.1, -0.05) is 12.1 Å². The maximum atomic E-state index is 5.85.